The van der Waals surface area contributed by atoms with Crippen LogP contribution in [0.15, 0.2) is 0 Å². The fourth-order valence-electron chi connectivity index (χ4n) is 4.82. The van der Waals surface area contributed by atoms with E-state index in [1.165, 1.54) is 51.6 Å². The molecular formula is C18H36N2. The number of hydrogen-bond donors (Lipinski definition) is 1. The van der Waals surface area contributed by atoms with E-state index in [2.05, 4.69) is 39.5 Å². The summed E-state index contributed by atoms with van der Waals surface area (Å²) in [4.78, 5) is 2.77. The van der Waals surface area contributed by atoms with E-state index in [1.54, 1.807) is 0 Å². The lowest BCUT2D eigenvalue weighted by molar-refractivity contribution is -0.0667. The average Bonchev–Trinajstić information content (AvgIpc) is 2.38. The van der Waals surface area contributed by atoms with Gasteiger partial charge in [-0.1, -0.05) is 47.5 Å². The highest BCUT2D eigenvalue weighted by Gasteiger charge is 2.50. The van der Waals surface area contributed by atoms with E-state index in [0.29, 0.717) is 10.8 Å². The van der Waals surface area contributed by atoms with Crippen LogP contribution < -0.4 is 5.73 Å². The van der Waals surface area contributed by atoms with Gasteiger partial charge in [0.1, 0.15) is 0 Å². The minimum Gasteiger partial charge on any atom is -0.329 e. The number of nitrogens with zero attached hydrogens (tertiary/aromatic N) is 1. The maximum absolute atomic E-state index is 6.32. The lowest BCUT2D eigenvalue weighted by atomic mass is 9.61. The van der Waals surface area contributed by atoms with Gasteiger partial charge < -0.3 is 5.73 Å². The van der Waals surface area contributed by atoms with Gasteiger partial charge in [0.15, 0.2) is 0 Å². The fraction of sp³-hybridized carbons (Fsp3) is 1.00. The van der Waals surface area contributed by atoms with Crippen molar-refractivity contribution in [1.82, 2.24) is 4.90 Å². The van der Waals surface area contributed by atoms with Crippen molar-refractivity contribution in [3.63, 3.8) is 0 Å². The van der Waals surface area contributed by atoms with Crippen molar-refractivity contribution >= 4 is 0 Å². The molecule has 1 unspecified atom stereocenters. The molecule has 1 heterocycles. The molecule has 0 aromatic heterocycles. The lowest BCUT2D eigenvalue weighted by Gasteiger charge is -2.58. The fourth-order valence-corrected chi connectivity index (χ4v) is 4.82. The number of likely N-dealkylation sites (tertiary alicyclic amines) is 1. The quantitative estimate of drug-likeness (QED) is 0.827. The van der Waals surface area contributed by atoms with E-state index >= 15 is 0 Å². The lowest BCUT2D eigenvalue weighted by Crippen LogP contribution is -2.65. The third kappa shape index (κ3) is 2.78. The number of piperidine rings is 1. The van der Waals surface area contributed by atoms with Gasteiger partial charge >= 0.3 is 0 Å². The highest BCUT2D eigenvalue weighted by Crippen LogP contribution is 2.48. The van der Waals surface area contributed by atoms with E-state index in [0.717, 1.165) is 12.5 Å². The van der Waals surface area contributed by atoms with Crippen molar-refractivity contribution < 1.29 is 0 Å². The summed E-state index contributed by atoms with van der Waals surface area (Å²) in [5, 5.41) is 0. The largest absolute Gasteiger partial charge is 0.329 e. The van der Waals surface area contributed by atoms with Crippen molar-refractivity contribution in [3.05, 3.63) is 0 Å². The maximum Gasteiger partial charge on any atom is 0.0382 e. The number of rotatable bonds is 2. The van der Waals surface area contributed by atoms with Crippen molar-refractivity contribution in [2.75, 3.05) is 19.6 Å². The molecule has 1 saturated heterocycles. The van der Waals surface area contributed by atoms with Crippen LogP contribution in [0.2, 0.25) is 0 Å². The number of hydrogen-bond acceptors (Lipinski definition) is 2. The summed E-state index contributed by atoms with van der Waals surface area (Å²) < 4.78 is 0. The molecule has 2 aliphatic rings. The first-order valence-corrected chi connectivity index (χ1v) is 8.68. The SMILES string of the molecule is CC(C)(C)C1CCN(C2(CN)CCCCC2(C)C)CC1. The maximum atomic E-state index is 6.32. The third-order valence-corrected chi connectivity index (χ3v) is 6.56. The summed E-state index contributed by atoms with van der Waals surface area (Å²) >= 11 is 0. The van der Waals surface area contributed by atoms with Crippen LogP contribution in [0.4, 0.5) is 0 Å². The zero-order chi connectivity index (χ0) is 15.0. The van der Waals surface area contributed by atoms with Crippen LogP contribution in [-0.4, -0.2) is 30.1 Å². The highest BCUT2D eigenvalue weighted by molar-refractivity contribution is 5.06. The molecule has 1 atom stereocenters. The second-order valence-corrected chi connectivity index (χ2v) is 8.95. The monoisotopic (exact) mass is 280 g/mol. The van der Waals surface area contributed by atoms with Gasteiger partial charge in [-0.25, -0.2) is 0 Å². The molecule has 2 fully saturated rings. The molecule has 1 aliphatic carbocycles. The molecule has 2 nitrogen and oxygen atoms in total. The standard InChI is InChI=1S/C18H36N2/c1-16(2,3)15-8-12-20(13-9-15)18(14-19)11-7-6-10-17(18,4)5/h15H,6-14,19H2,1-5H3. The van der Waals surface area contributed by atoms with Crippen LogP contribution in [0, 0.1) is 16.7 Å². The first kappa shape index (κ1) is 16.3. The molecule has 1 saturated carbocycles. The molecule has 2 heteroatoms. The van der Waals surface area contributed by atoms with Crippen LogP contribution in [0.5, 0.6) is 0 Å². The molecule has 0 radical (unpaired) electrons. The Bertz CT molecular complexity index is 321. The summed E-state index contributed by atoms with van der Waals surface area (Å²) in [6.45, 7) is 15.4. The minimum atomic E-state index is 0.258. The third-order valence-electron chi connectivity index (χ3n) is 6.56. The summed E-state index contributed by atoms with van der Waals surface area (Å²) in [6.07, 6.45) is 8.08. The molecule has 2 N–H and O–H groups in total. The first-order valence-electron chi connectivity index (χ1n) is 8.68. The van der Waals surface area contributed by atoms with Gasteiger partial charge in [0.05, 0.1) is 0 Å². The van der Waals surface area contributed by atoms with Crippen molar-refractivity contribution in [1.29, 1.82) is 0 Å². The van der Waals surface area contributed by atoms with Crippen LogP contribution in [-0.2, 0) is 0 Å². The summed E-state index contributed by atoms with van der Waals surface area (Å²) in [6, 6.07) is 0. The van der Waals surface area contributed by atoms with E-state index in [-0.39, 0.29) is 5.54 Å². The first-order chi connectivity index (χ1) is 9.23. The molecule has 0 spiro atoms. The van der Waals surface area contributed by atoms with E-state index in [4.69, 9.17) is 5.73 Å². The Balaban J connectivity index is 2.10. The van der Waals surface area contributed by atoms with Gasteiger partial charge in [-0.05, 0) is 55.5 Å². The zero-order valence-electron chi connectivity index (χ0n) is 14.5. The molecule has 2 rings (SSSR count). The minimum absolute atomic E-state index is 0.258. The summed E-state index contributed by atoms with van der Waals surface area (Å²) in [7, 11) is 0. The van der Waals surface area contributed by atoms with E-state index < -0.39 is 0 Å². The van der Waals surface area contributed by atoms with Gasteiger partial charge in [0.2, 0.25) is 0 Å². The van der Waals surface area contributed by atoms with Crippen LogP contribution in [0.1, 0.15) is 73.1 Å². The Labute approximate surface area is 126 Å². The molecule has 0 amide bonds. The smallest absolute Gasteiger partial charge is 0.0382 e. The van der Waals surface area contributed by atoms with Crippen molar-refractivity contribution in [2.24, 2.45) is 22.5 Å². The number of nitrogens with two attached hydrogens (primary N) is 1. The van der Waals surface area contributed by atoms with E-state index in [9.17, 15) is 0 Å². The van der Waals surface area contributed by atoms with Crippen LogP contribution in [0.25, 0.3) is 0 Å². The Morgan fingerprint density at radius 3 is 2.05 bits per heavy atom. The topological polar surface area (TPSA) is 29.3 Å². The van der Waals surface area contributed by atoms with Gasteiger partial charge in [-0.3, -0.25) is 4.90 Å². The van der Waals surface area contributed by atoms with Gasteiger partial charge in [0.25, 0.3) is 0 Å². The van der Waals surface area contributed by atoms with Crippen LogP contribution >= 0.6 is 0 Å². The van der Waals surface area contributed by atoms with Crippen LogP contribution in [0.3, 0.4) is 0 Å². The molecule has 1 aliphatic heterocycles. The molecule has 118 valence electrons. The highest BCUT2D eigenvalue weighted by atomic mass is 15.2. The van der Waals surface area contributed by atoms with Gasteiger partial charge in [-0.15, -0.1) is 0 Å². The van der Waals surface area contributed by atoms with Gasteiger partial charge in [-0.2, -0.15) is 0 Å². The molecular weight excluding hydrogens is 244 g/mol. The Kier molecular flexibility index (Phi) is 4.57. The second-order valence-electron chi connectivity index (χ2n) is 8.95. The van der Waals surface area contributed by atoms with Crippen molar-refractivity contribution in [2.45, 2.75) is 78.7 Å². The Morgan fingerprint density at radius 2 is 1.60 bits per heavy atom. The molecule has 0 bridgehead atoms. The predicted molar refractivity (Wildman–Crippen MR) is 87.8 cm³/mol. The van der Waals surface area contributed by atoms with Crippen molar-refractivity contribution in [3.8, 4) is 0 Å². The normalized spacial score (nSPS) is 33.3. The zero-order valence-corrected chi connectivity index (χ0v) is 14.5. The Hall–Kier alpha value is -0.0800. The Morgan fingerprint density at radius 1 is 1.05 bits per heavy atom. The summed E-state index contributed by atoms with van der Waals surface area (Å²) in [5.41, 5.74) is 7.41. The summed E-state index contributed by atoms with van der Waals surface area (Å²) in [5.74, 6) is 0.875. The predicted octanol–water partition coefficient (Wildman–Crippen LogP) is 4.04. The molecule has 0 aromatic carbocycles. The second kappa shape index (κ2) is 5.61. The average molecular weight is 280 g/mol. The molecule has 0 aromatic rings. The van der Waals surface area contributed by atoms with E-state index in [1.807, 2.05) is 0 Å². The molecule has 20 heavy (non-hydrogen) atoms. The van der Waals surface area contributed by atoms with Gasteiger partial charge in [0, 0.05) is 12.1 Å².